The number of carbonyl (C=O) groups excluding carboxylic acids is 3. The molecule has 2 saturated heterocycles. The molecule has 0 saturated carbocycles. The fourth-order valence-electron chi connectivity index (χ4n) is 5.99. The molecule has 0 N–H and O–H groups in total. The van der Waals surface area contributed by atoms with Crippen molar-refractivity contribution in [3.8, 4) is 5.75 Å². The van der Waals surface area contributed by atoms with E-state index in [1.807, 2.05) is 98.5 Å². The Bertz CT molecular complexity index is 1470. The first-order valence-electron chi connectivity index (χ1n) is 12.3. The van der Waals surface area contributed by atoms with Gasteiger partial charge in [-0.3, -0.25) is 14.4 Å². The monoisotopic (exact) mass is 480 g/mol. The minimum absolute atomic E-state index is 0.0430. The zero-order chi connectivity index (χ0) is 25.4. The minimum atomic E-state index is -0.751. The van der Waals surface area contributed by atoms with Gasteiger partial charge in [0.2, 0.25) is 11.8 Å². The van der Waals surface area contributed by atoms with Crippen LogP contribution in [-0.2, 0) is 14.4 Å². The van der Waals surface area contributed by atoms with Gasteiger partial charge in [0, 0.05) is 16.7 Å². The summed E-state index contributed by atoms with van der Waals surface area (Å²) in [5.74, 6) is -1.27. The maximum atomic E-state index is 14.0. The number of carbonyl (C=O) groups is 3. The zero-order valence-electron chi connectivity index (χ0n) is 20.8. The fraction of sp³-hybridized carbons (Fsp3) is 0.300. The lowest BCUT2D eigenvalue weighted by molar-refractivity contribution is -0.132. The first-order chi connectivity index (χ1) is 17.2. The molecule has 3 aliphatic rings. The van der Waals surface area contributed by atoms with E-state index in [9.17, 15) is 14.4 Å². The van der Waals surface area contributed by atoms with Gasteiger partial charge in [0.1, 0.15) is 11.8 Å². The highest BCUT2D eigenvalue weighted by atomic mass is 16.5. The molecule has 3 aromatic rings. The van der Waals surface area contributed by atoms with E-state index in [4.69, 9.17) is 4.74 Å². The van der Waals surface area contributed by atoms with Crippen LogP contribution in [0.3, 0.4) is 0 Å². The lowest BCUT2D eigenvalue weighted by Gasteiger charge is -2.38. The Morgan fingerprint density at radius 1 is 0.889 bits per heavy atom. The zero-order valence-corrected chi connectivity index (χ0v) is 20.8. The number of imide groups is 1. The molecule has 2 fully saturated rings. The molecule has 0 radical (unpaired) electrons. The molecule has 3 heterocycles. The molecular weight excluding hydrogens is 452 g/mol. The molecule has 36 heavy (non-hydrogen) atoms. The van der Waals surface area contributed by atoms with Crippen molar-refractivity contribution in [2.24, 2.45) is 17.3 Å². The van der Waals surface area contributed by atoms with Gasteiger partial charge in [-0.15, -0.1) is 0 Å². The van der Waals surface area contributed by atoms with Crippen LogP contribution in [0.15, 0.2) is 66.7 Å². The molecule has 4 atom stereocenters. The van der Waals surface area contributed by atoms with Crippen LogP contribution >= 0.6 is 0 Å². The van der Waals surface area contributed by atoms with Crippen molar-refractivity contribution in [3.05, 3.63) is 72.3 Å². The van der Waals surface area contributed by atoms with Crippen molar-refractivity contribution in [2.45, 2.75) is 32.9 Å². The number of rotatable bonds is 3. The van der Waals surface area contributed by atoms with Crippen LogP contribution in [0, 0.1) is 17.3 Å². The molecule has 0 spiro atoms. The molecule has 0 bridgehead atoms. The Labute approximate surface area is 210 Å². The second kappa shape index (κ2) is 7.79. The Hall–Kier alpha value is -3.93. The van der Waals surface area contributed by atoms with Crippen LogP contribution in [0.2, 0.25) is 0 Å². The van der Waals surface area contributed by atoms with Crippen LogP contribution in [0.25, 0.3) is 16.8 Å². The number of ketones is 1. The summed E-state index contributed by atoms with van der Waals surface area (Å²) in [7, 11) is 1.61. The van der Waals surface area contributed by atoms with E-state index < -0.39 is 23.3 Å². The van der Waals surface area contributed by atoms with Gasteiger partial charge in [-0.1, -0.05) is 63.3 Å². The number of ether oxygens (including phenoxy) is 1. The summed E-state index contributed by atoms with van der Waals surface area (Å²) < 4.78 is 5.39. The van der Waals surface area contributed by atoms with Gasteiger partial charge < -0.3 is 9.64 Å². The summed E-state index contributed by atoms with van der Waals surface area (Å²) in [6, 6.07) is 18.0. The molecule has 2 amide bonds. The third-order valence-electron chi connectivity index (χ3n) is 7.71. The number of nitrogens with zero attached hydrogens (tertiary/aromatic N) is 2. The third kappa shape index (κ3) is 3.13. The van der Waals surface area contributed by atoms with Crippen LogP contribution in [0.5, 0.6) is 5.75 Å². The maximum Gasteiger partial charge on any atom is 0.240 e. The van der Waals surface area contributed by atoms with Crippen molar-refractivity contribution >= 4 is 45.8 Å². The summed E-state index contributed by atoms with van der Waals surface area (Å²) in [6.45, 7) is 5.61. The lowest BCUT2D eigenvalue weighted by Crippen LogP contribution is -2.51. The predicted octanol–water partition coefficient (Wildman–Crippen LogP) is 4.85. The molecule has 0 aromatic heterocycles. The van der Waals surface area contributed by atoms with Crippen LogP contribution in [-0.4, -0.2) is 36.8 Å². The standard InChI is InChI=1S/C30H28N2O4/c1-30(2,3)27(33)26-25-24(23-13-10-19-16-21(36-4)12-14-22(19)32(23)26)28(34)31(29(25)35)20-11-9-17-7-5-6-8-18(17)15-20/h5-16,23-26H,1-4H3/t23-,24-,25+,26-/m1/s1. The second-order valence-corrected chi connectivity index (χ2v) is 10.8. The van der Waals surface area contributed by atoms with E-state index in [0.29, 0.717) is 11.4 Å². The predicted molar refractivity (Wildman–Crippen MR) is 140 cm³/mol. The molecule has 0 unspecified atom stereocenters. The number of hydrogen-bond acceptors (Lipinski definition) is 5. The summed E-state index contributed by atoms with van der Waals surface area (Å²) >= 11 is 0. The molecule has 3 aliphatic heterocycles. The van der Waals surface area contributed by atoms with E-state index in [0.717, 1.165) is 22.0 Å². The fourth-order valence-corrected chi connectivity index (χ4v) is 5.99. The quantitative estimate of drug-likeness (QED) is 0.501. The van der Waals surface area contributed by atoms with E-state index >= 15 is 0 Å². The summed E-state index contributed by atoms with van der Waals surface area (Å²) in [6.07, 6.45) is 3.93. The number of methoxy groups -OCH3 is 1. The van der Waals surface area contributed by atoms with Crippen molar-refractivity contribution in [1.82, 2.24) is 0 Å². The SMILES string of the molecule is COc1ccc2c(c1)C=C[C@@H]1[C@H]3C(=O)N(c4ccc5ccccc5c4)C(=O)[C@@H]3[C@H](C(=O)C(C)(C)C)N21. The molecule has 6 nitrogen and oxygen atoms in total. The summed E-state index contributed by atoms with van der Waals surface area (Å²) in [5.41, 5.74) is 1.62. The van der Waals surface area contributed by atoms with E-state index in [2.05, 4.69) is 0 Å². The normalized spacial score (nSPS) is 24.7. The molecule has 6 rings (SSSR count). The molecule has 3 aromatic carbocycles. The summed E-state index contributed by atoms with van der Waals surface area (Å²) in [5, 5.41) is 1.99. The van der Waals surface area contributed by atoms with Gasteiger partial charge in [-0.25, -0.2) is 4.90 Å². The number of hydrogen-bond donors (Lipinski definition) is 0. The van der Waals surface area contributed by atoms with Gasteiger partial charge >= 0.3 is 0 Å². The summed E-state index contributed by atoms with van der Waals surface area (Å²) in [4.78, 5) is 45.2. The second-order valence-electron chi connectivity index (χ2n) is 10.8. The van der Waals surface area contributed by atoms with Crippen LogP contribution in [0.1, 0.15) is 26.3 Å². The first kappa shape index (κ1) is 22.5. The van der Waals surface area contributed by atoms with E-state index in [1.54, 1.807) is 7.11 Å². The van der Waals surface area contributed by atoms with Crippen LogP contribution < -0.4 is 14.5 Å². The highest BCUT2D eigenvalue weighted by molar-refractivity contribution is 6.25. The Kier molecular flexibility index (Phi) is 4.87. The Morgan fingerprint density at radius 2 is 1.61 bits per heavy atom. The molecular formula is C30H28N2O4. The van der Waals surface area contributed by atoms with Gasteiger partial charge in [0.25, 0.3) is 0 Å². The van der Waals surface area contributed by atoms with Crippen molar-refractivity contribution in [3.63, 3.8) is 0 Å². The Morgan fingerprint density at radius 3 is 2.33 bits per heavy atom. The number of benzene rings is 3. The number of anilines is 2. The van der Waals surface area contributed by atoms with Crippen molar-refractivity contribution < 1.29 is 19.1 Å². The average Bonchev–Trinajstić information content (AvgIpc) is 3.34. The number of fused-ring (bicyclic) bond motifs is 6. The van der Waals surface area contributed by atoms with Gasteiger partial charge in [0.15, 0.2) is 5.78 Å². The van der Waals surface area contributed by atoms with E-state index in [-0.39, 0.29) is 23.6 Å². The molecule has 6 heteroatoms. The number of amides is 2. The third-order valence-corrected chi connectivity index (χ3v) is 7.71. The maximum absolute atomic E-state index is 14.0. The molecule has 0 aliphatic carbocycles. The van der Waals surface area contributed by atoms with Gasteiger partial charge in [0.05, 0.1) is 30.7 Å². The highest BCUT2D eigenvalue weighted by Gasteiger charge is 2.65. The van der Waals surface area contributed by atoms with Gasteiger partial charge in [-0.2, -0.15) is 0 Å². The largest absolute Gasteiger partial charge is 0.497 e. The van der Waals surface area contributed by atoms with E-state index in [1.165, 1.54) is 4.90 Å². The molecule has 182 valence electrons. The van der Waals surface area contributed by atoms with Crippen LogP contribution in [0.4, 0.5) is 11.4 Å². The van der Waals surface area contributed by atoms with Gasteiger partial charge in [-0.05, 0) is 41.1 Å². The smallest absolute Gasteiger partial charge is 0.240 e. The Balaban J connectivity index is 1.48. The number of Topliss-reactive ketones (excluding diaryl/α,β-unsaturated/α-hetero) is 1. The topological polar surface area (TPSA) is 66.9 Å². The van der Waals surface area contributed by atoms with Crippen molar-refractivity contribution in [2.75, 3.05) is 16.9 Å². The first-order valence-corrected chi connectivity index (χ1v) is 12.3. The average molecular weight is 481 g/mol. The van der Waals surface area contributed by atoms with Crippen molar-refractivity contribution in [1.29, 1.82) is 0 Å². The minimum Gasteiger partial charge on any atom is -0.497 e. The highest BCUT2D eigenvalue weighted by Crippen LogP contribution is 2.51. The lowest BCUT2D eigenvalue weighted by atomic mass is 9.79.